The number of hydrogen-bond donors (Lipinski definition) is 1. The molecule has 1 atom stereocenters. The van der Waals surface area contributed by atoms with Crippen molar-refractivity contribution < 1.29 is 9.84 Å². The van der Waals surface area contributed by atoms with E-state index in [4.69, 9.17) is 10.00 Å². The van der Waals surface area contributed by atoms with Crippen molar-refractivity contribution >= 4 is 0 Å². The average Bonchev–Trinajstić information content (AvgIpc) is 2.86. The average molecular weight is 274 g/mol. The summed E-state index contributed by atoms with van der Waals surface area (Å²) in [5.41, 5.74) is 0.929. The minimum absolute atomic E-state index is 0.151. The summed E-state index contributed by atoms with van der Waals surface area (Å²) < 4.78 is 5.38. The van der Waals surface area contributed by atoms with Gasteiger partial charge in [0.25, 0.3) is 0 Å². The second-order valence-corrected chi connectivity index (χ2v) is 5.92. The third-order valence-electron chi connectivity index (χ3n) is 3.96. The van der Waals surface area contributed by atoms with E-state index in [0.29, 0.717) is 12.1 Å². The number of likely N-dealkylation sites (tertiary alicyclic amines) is 1. The first-order chi connectivity index (χ1) is 9.45. The summed E-state index contributed by atoms with van der Waals surface area (Å²) >= 11 is 0. The third kappa shape index (κ3) is 3.12. The SMILES string of the molecule is COc1ccc(C#N)cc1CN1CCCC1C(C)(C)O. The molecule has 4 heteroatoms. The molecule has 108 valence electrons. The molecule has 1 aliphatic rings. The first-order valence-electron chi connectivity index (χ1n) is 6.99. The van der Waals surface area contributed by atoms with Crippen molar-refractivity contribution in [1.29, 1.82) is 5.26 Å². The Hall–Kier alpha value is -1.57. The lowest BCUT2D eigenvalue weighted by atomic mass is 9.96. The van der Waals surface area contributed by atoms with Crippen LogP contribution in [-0.4, -0.2) is 35.3 Å². The second-order valence-electron chi connectivity index (χ2n) is 5.92. The number of hydrogen-bond acceptors (Lipinski definition) is 4. The highest BCUT2D eigenvalue weighted by Crippen LogP contribution is 2.30. The summed E-state index contributed by atoms with van der Waals surface area (Å²) in [5.74, 6) is 0.797. The van der Waals surface area contributed by atoms with Gasteiger partial charge in [-0.2, -0.15) is 5.26 Å². The number of nitrogens with zero attached hydrogens (tertiary/aromatic N) is 2. The van der Waals surface area contributed by atoms with Crippen LogP contribution in [0.25, 0.3) is 0 Å². The highest BCUT2D eigenvalue weighted by molar-refractivity contribution is 5.42. The van der Waals surface area contributed by atoms with Crippen molar-refractivity contribution in [2.45, 2.75) is 44.9 Å². The molecule has 0 radical (unpaired) electrons. The number of aliphatic hydroxyl groups is 1. The van der Waals surface area contributed by atoms with Gasteiger partial charge < -0.3 is 9.84 Å². The smallest absolute Gasteiger partial charge is 0.123 e. The molecular formula is C16H22N2O2. The quantitative estimate of drug-likeness (QED) is 0.915. The Morgan fingerprint density at radius 1 is 1.50 bits per heavy atom. The lowest BCUT2D eigenvalue weighted by Crippen LogP contribution is -2.45. The summed E-state index contributed by atoms with van der Waals surface area (Å²) in [6, 6.07) is 7.79. The van der Waals surface area contributed by atoms with Crippen molar-refractivity contribution in [3.8, 4) is 11.8 Å². The van der Waals surface area contributed by atoms with E-state index < -0.39 is 5.60 Å². The molecule has 0 spiro atoms. The Balaban J connectivity index is 2.23. The maximum absolute atomic E-state index is 10.3. The van der Waals surface area contributed by atoms with Gasteiger partial charge in [0.1, 0.15) is 5.75 Å². The molecule has 1 heterocycles. The van der Waals surface area contributed by atoms with Crippen LogP contribution in [-0.2, 0) is 6.54 Å². The van der Waals surface area contributed by atoms with Crippen molar-refractivity contribution in [1.82, 2.24) is 4.90 Å². The van der Waals surface area contributed by atoms with Crippen LogP contribution in [0.4, 0.5) is 0 Å². The first-order valence-corrected chi connectivity index (χ1v) is 6.99. The summed E-state index contributed by atoms with van der Waals surface area (Å²) in [6.45, 7) is 5.39. The summed E-state index contributed by atoms with van der Waals surface area (Å²) in [4.78, 5) is 2.28. The molecule has 2 rings (SSSR count). The van der Waals surface area contributed by atoms with E-state index in [1.165, 1.54) is 0 Å². The molecule has 0 amide bonds. The normalized spacial score (nSPS) is 19.9. The van der Waals surface area contributed by atoms with E-state index >= 15 is 0 Å². The minimum atomic E-state index is -0.712. The third-order valence-corrected chi connectivity index (χ3v) is 3.96. The molecule has 4 nitrogen and oxygen atoms in total. The van der Waals surface area contributed by atoms with Gasteiger partial charge in [-0.1, -0.05) is 0 Å². The van der Waals surface area contributed by atoms with Crippen LogP contribution >= 0.6 is 0 Å². The fourth-order valence-electron chi connectivity index (χ4n) is 3.01. The van der Waals surface area contributed by atoms with E-state index in [1.54, 1.807) is 13.2 Å². The predicted octanol–water partition coefficient (Wildman–Crippen LogP) is 2.30. The van der Waals surface area contributed by atoms with E-state index in [2.05, 4.69) is 11.0 Å². The predicted molar refractivity (Wildman–Crippen MR) is 77.4 cm³/mol. The van der Waals surface area contributed by atoms with E-state index in [0.717, 1.165) is 30.7 Å². The lowest BCUT2D eigenvalue weighted by molar-refractivity contribution is -0.00520. The number of benzene rings is 1. The highest BCUT2D eigenvalue weighted by atomic mass is 16.5. The molecular weight excluding hydrogens is 252 g/mol. The molecule has 0 saturated carbocycles. The Bertz CT molecular complexity index is 514. The van der Waals surface area contributed by atoms with E-state index in [1.807, 2.05) is 26.0 Å². The fourth-order valence-corrected chi connectivity index (χ4v) is 3.01. The van der Waals surface area contributed by atoms with Gasteiger partial charge in [-0.15, -0.1) is 0 Å². The molecule has 0 aliphatic carbocycles. The zero-order valence-electron chi connectivity index (χ0n) is 12.4. The van der Waals surface area contributed by atoms with Gasteiger partial charge in [0.05, 0.1) is 24.3 Å². The zero-order valence-corrected chi connectivity index (χ0v) is 12.4. The number of nitriles is 1. The van der Waals surface area contributed by atoms with Gasteiger partial charge in [-0.3, -0.25) is 4.90 Å². The van der Waals surface area contributed by atoms with Crippen molar-refractivity contribution in [3.63, 3.8) is 0 Å². The first kappa shape index (κ1) is 14.8. The van der Waals surface area contributed by atoms with Crippen LogP contribution in [0, 0.1) is 11.3 Å². The van der Waals surface area contributed by atoms with Crippen molar-refractivity contribution in [2.24, 2.45) is 0 Å². The van der Waals surface area contributed by atoms with Crippen LogP contribution in [0.15, 0.2) is 18.2 Å². The van der Waals surface area contributed by atoms with Crippen LogP contribution in [0.3, 0.4) is 0 Å². The van der Waals surface area contributed by atoms with Gasteiger partial charge in [0.15, 0.2) is 0 Å². The van der Waals surface area contributed by atoms with Gasteiger partial charge in [-0.05, 0) is 51.4 Å². The largest absolute Gasteiger partial charge is 0.496 e. The maximum Gasteiger partial charge on any atom is 0.123 e. The Kier molecular flexibility index (Phi) is 4.32. The monoisotopic (exact) mass is 274 g/mol. The van der Waals surface area contributed by atoms with Crippen molar-refractivity contribution in [2.75, 3.05) is 13.7 Å². The molecule has 20 heavy (non-hydrogen) atoms. The molecule has 1 aromatic rings. The van der Waals surface area contributed by atoms with Gasteiger partial charge in [0.2, 0.25) is 0 Å². The standard InChI is InChI=1S/C16H22N2O2/c1-16(2,19)15-5-4-8-18(15)11-13-9-12(10-17)6-7-14(13)20-3/h6-7,9,15,19H,4-5,8,11H2,1-3H3. The lowest BCUT2D eigenvalue weighted by Gasteiger charge is -2.34. The zero-order chi connectivity index (χ0) is 14.8. The van der Waals surface area contributed by atoms with Gasteiger partial charge in [-0.25, -0.2) is 0 Å². The fraction of sp³-hybridized carbons (Fsp3) is 0.562. The molecule has 0 bridgehead atoms. The van der Waals surface area contributed by atoms with Crippen LogP contribution in [0.1, 0.15) is 37.8 Å². The summed E-state index contributed by atoms with van der Waals surface area (Å²) in [7, 11) is 1.64. The Morgan fingerprint density at radius 2 is 2.25 bits per heavy atom. The van der Waals surface area contributed by atoms with Crippen LogP contribution in [0.5, 0.6) is 5.75 Å². The highest BCUT2D eigenvalue weighted by Gasteiger charge is 2.35. The maximum atomic E-state index is 10.3. The summed E-state index contributed by atoms with van der Waals surface area (Å²) in [6.07, 6.45) is 2.10. The molecule has 0 aromatic heterocycles. The molecule has 1 saturated heterocycles. The minimum Gasteiger partial charge on any atom is -0.496 e. The van der Waals surface area contributed by atoms with Gasteiger partial charge in [0, 0.05) is 18.2 Å². The Morgan fingerprint density at radius 3 is 2.85 bits per heavy atom. The topological polar surface area (TPSA) is 56.5 Å². The molecule has 1 N–H and O–H groups in total. The summed E-state index contributed by atoms with van der Waals surface area (Å²) in [5, 5.41) is 19.3. The molecule has 1 aliphatic heterocycles. The molecule has 1 aromatic carbocycles. The number of ether oxygens (including phenoxy) is 1. The van der Waals surface area contributed by atoms with Gasteiger partial charge >= 0.3 is 0 Å². The van der Waals surface area contributed by atoms with E-state index in [-0.39, 0.29) is 6.04 Å². The van der Waals surface area contributed by atoms with Crippen LogP contribution in [0.2, 0.25) is 0 Å². The van der Waals surface area contributed by atoms with Crippen LogP contribution < -0.4 is 4.74 Å². The second kappa shape index (κ2) is 5.82. The molecule has 1 unspecified atom stereocenters. The molecule has 1 fully saturated rings. The Labute approximate surface area is 120 Å². The van der Waals surface area contributed by atoms with E-state index in [9.17, 15) is 5.11 Å². The number of rotatable bonds is 4. The number of methoxy groups -OCH3 is 1. The van der Waals surface area contributed by atoms with Crippen molar-refractivity contribution in [3.05, 3.63) is 29.3 Å².